The SMILES string of the molecule is CCCCCC=CCC=CCCCCCCCCOC1CN(C(=O)CN(C)C)CC1OCCCCCCCCC=CCC=CCCCCC. The summed E-state index contributed by atoms with van der Waals surface area (Å²) in [5.41, 5.74) is 0. The van der Waals surface area contributed by atoms with E-state index in [0.29, 0.717) is 19.6 Å². The third kappa shape index (κ3) is 28.7. The average molecular weight is 685 g/mol. The summed E-state index contributed by atoms with van der Waals surface area (Å²) in [6.45, 7) is 7.80. The third-order valence-electron chi connectivity index (χ3n) is 9.37. The molecule has 284 valence electrons. The van der Waals surface area contributed by atoms with Gasteiger partial charge in [-0.1, -0.05) is 140 Å². The monoisotopic (exact) mass is 685 g/mol. The highest BCUT2D eigenvalue weighted by atomic mass is 16.5. The lowest BCUT2D eigenvalue weighted by Gasteiger charge is -2.19. The first-order chi connectivity index (χ1) is 24.1. The number of allylic oxidation sites excluding steroid dienone is 8. The molecule has 1 rings (SSSR count). The van der Waals surface area contributed by atoms with Crippen LogP contribution in [0.15, 0.2) is 48.6 Å². The first-order valence-corrected chi connectivity index (χ1v) is 20.8. The Morgan fingerprint density at radius 1 is 0.531 bits per heavy atom. The van der Waals surface area contributed by atoms with Crippen LogP contribution in [0, 0.1) is 0 Å². The predicted octanol–water partition coefficient (Wildman–Crippen LogP) is 11.8. The molecule has 0 saturated carbocycles. The maximum atomic E-state index is 12.8. The van der Waals surface area contributed by atoms with Gasteiger partial charge in [-0.3, -0.25) is 4.79 Å². The molecule has 1 heterocycles. The molecule has 0 radical (unpaired) electrons. The zero-order valence-electron chi connectivity index (χ0n) is 32.9. The number of rotatable bonds is 34. The van der Waals surface area contributed by atoms with Crippen molar-refractivity contribution in [1.29, 1.82) is 0 Å². The Balaban J connectivity index is 2.13. The summed E-state index contributed by atoms with van der Waals surface area (Å²) in [4.78, 5) is 16.7. The number of amides is 1. The number of hydrogen-bond acceptors (Lipinski definition) is 4. The van der Waals surface area contributed by atoms with E-state index >= 15 is 0 Å². The normalized spacial score (nSPS) is 17.0. The molecule has 0 spiro atoms. The van der Waals surface area contributed by atoms with E-state index in [1.165, 1.54) is 128 Å². The van der Waals surface area contributed by atoms with E-state index in [1.54, 1.807) is 0 Å². The zero-order valence-corrected chi connectivity index (χ0v) is 32.9. The number of ether oxygens (including phenoxy) is 2. The minimum Gasteiger partial charge on any atom is -0.374 e. The second-order valence-electron chi connectivity index (χ2n) is 14.5. The van der Waals surface area contributed by atoms with Gasteiger partial charge in [-0.05, 0) is 91.1 Å². The van der Waals surface area contributed by atoms with E-state index in [2.05, 4.69) is 62.5 Å². The van der Waals surface area contributed by atoms with Gasteiger partial charge in [-0.25, -0.2) is 0 Å². The van der Waals surface area contributed by atoms with Crippen LogP contribution in [0.2, 0.25) is 0 Å². The highest BCUT2D eigenvalue weighted by Gasteiger charge is 2.36. The number of likely N-dealkylation sites (tertiary alicyclic amines) is 1. The molecule has 1 saturated heterocycles. The Bertz CT molecular complexity index is 791. The fourth-order valence-electron chi connectivity index (χ4n) is 6.29. The summed E-state index contributed by atoms with van der Waals surface area (Å²) in [5, 5.41) is 0. The van der Waals surface area contributed by atoms with Crippen molar-refractivity contribution >= 4 is 5.91 Å². The maximum absolute atomic E-state index is 12.8. The Morgan fingerprint density at radius 2 is 0.878 bits per heavy atom. The van der Waals surface area contributed by atoms with Crippen LogP contribution in [0.25, 0.3) is 0 Å². The second-order valence-corrected chi connectivity index (χ2v) is 14.5. The summed E-state index contributed by atoms with van der Waals surface area (Å²) in [5.74, 6) is 0.173. The van der Waals surface area contributed by atoms with Crippen LogP contribution >= 0.6 is 0 Å². The lowest BCUT2D eigenvalue weighted by Crippen LogP contribution is -2.37. The fraction of sp³-hybridized carbons (Fsp3) is 0.795. The molecule has 1 amide bonds. The van der Waals surface area contributed by atoms with Gasteiger partial charge in [0.25, 0.3) is 0 Å². The van der Waals surface area contributed by atoms with Crippen LogP contribution < -0.4 is 0 Å². The van der Waals surface area contributed by atoms with E-state index in [0.717, 1.165) is 38.9 Å². The van der Waals surface area contributed by atoms with Gasteiger partial charge in [0, 0.05) is 26.3 Å². The molecule has 1 aliphatic heterocycles. The van der Waals surface area contributed by atoms with E-state index < -0.39 is 0 Å². The summed E-state index contributed by atoms with van der Waals surface area (Å²) in [6, 6.07) is 0. The first-order valence-electron chi connectivity index (χ1n) is 20.8. The fourth-order valence-corrected chi connectivity index (χ4v) is 6.29. The van der Waals surface area contributed by atoms with Crippen LogP contribution in [0.5, 0.6) is 0 Å². The van der Waals surface area contributed by atoms with Crippen molar-refractivity contribution in [2.75, 3.05) is 46.9 Å². The smallest absolute Gasteiger partial charge is 0.236 e. The quantitative estimate of drug-likeness (QED) is 0.0500. The van der Waals surface area contributed by atoms with Gasteiger partial charge in [0.2, 0.25) is 5.91 Å². The molecule has 0 aromatic rings. The van der Waals surface area contributed by atoms with Gasteiger partial charge in [-0.15, -0.1) is 0 Å². The molecule has 0 bridgehead atoms. The van der Waals surface area contributed by atoms with Gasteiger partial charge >= 0.3 is 0 Å². The highest BCUT2D eigenvalue weighted by molar-refractivity contribution is 5.78. The van der Waals surface area contributed by atoms with Gasteiger partial charge in [-0.2, -0.15) is 0 Å². The van der Waals surface area contributed by atoms with Gasteiger partial charge in [0.05, 0.1) is 6.54 Å². The molecular formula is C44H80N2O3. The minimum atomic E-state index is -0.00584. The molecule has 0 N–H and O–H groups in total. The first kappa shape index (κ1) is 45.3. The molecule has 2 unspecified atom stereocenters. The van der Waals surface area contributed by atoms with Crippen molar-refractivity contribution in [3.8, 4) is 0 Å². The number of unbranched alkanes of at least 4 members (excludes halogenated alkanes) is 18. The second kappa shape index (κ2) is 34.7. The Labute approximate surface area is 305 Å². The number of likely N-dealkylation sites (N-methyl/N-ethyl adjacent to an activating group) is 1. The van der Waals surface area contributed by atoms with E-state index in [-0.39, 0.29) is 18.1 Å². The number of nitrogens with zero attached hydrogens (tertiary/aromatic N) is 2. The lowest BCUT2D eigenvalue weighted by atomic mass is 10.1. The highest BCUT2D eigenvalue weighted by Crippen LogP contribution is 2.19. The molecular weight excluding hydrogens is 604 g/mol. The largest absolute Gasteiger partial charge is 0.374 e. The Hall–Kier alpha value is -1.69. The van der Waals surface area contributed by atoms with Crippen molar-refractivity contribution in [3.05, 3.63) is 48.6 Å². The van der Waals surface area contributed by atoms with E-state index in [1.807, 2.05) is 23.9 Å². The molecule has 0 aromatic carbocycles. The number of hydrogen-bond donors (Lipinski definition) is 0. The van der Waals surface area contributed by atoms with Gasteiger partial charge < -0.3 is 19.3 Å². The molecule has 49 heavy (non-hydrogen) atoms. The predicted molar refractivity (Wildman–Crippen MR) is 213 cm³/mol. The van der Waals surface area contributed by atoms with Crippen molar-refractivity contribution in [3.63, 3.8) is 0 Å². The van der Waals surface area contributed by atoms with Crippen LogP contribution in [-0.2, 0) is 14.3 Å². The van der Waals surface area contributed by atoms with Gasteiger partial charge in [0.15, 0.2) is 0 Å². The number of carbonyl (C=O) groups is 1. The average Bonchev–Trinajstić information content (AvgIpc) is 3.50. The van der Waals surface area contributed by atoms with Crippen LogP contribution in [0.3, 0.4) is 0 Å². The minimum absolute atomic E-state index is 0.00584. The van der Waals surface area contributed by atoms with Crippen LogP contribution in [0.1, 0.15) is 168 Å². The van der Waals surface area contributed by atoms with Crippen molar-refractivity contribution < 1.29 is 14.3 Å². The standard InChI is InChI=1S/C44H80N2O3/c1-5-7-9-11-13-15-17-19-21-23-25-27-29-31-33-35-37-48-42-39-46(44(47)41-45(3)4)40-43(42)49-38-36-34-32-30-28-26-24-22-20-18-16-14-12-10-8-6-2/h13-16,19-22,42-43H,5-12,17-18,23-41H2,1-4H3. The summed E-state index contributed by atoms with van der Waals surface area (Å²) in [6.07, 6.45) is 48.6. The molecule has 5 heteroatoms. The zero-order chi connectivity index (χ0) is 35.5. The molecule has 0 aliphatic carbocycles. The van der Waals surface area contributed by atoms with Crippen molar-refractivity contribution in [2.45, 2.75) is 180 Å². The van der Waals surface area contributed by atoms with Gasteiger partial charge in [0.1, 0.15) is 12.2 Å². The molecule has 0 aromatic heterocycles. The van der Waals surface area contributed by atoms with Crippen LogP contribution in [-0.4, -0.2) is 74.9 Å². The van der Waals surface area contributed by atoms with E-state index in [4.69, 9.17) is 9.47 Å². The van der Waals surface area contributed by atoms with Crippen LogP contribution in [0.4, 0.5) is 0 Å². The molecule has 2 atom stereocenters. The van der Waals surface area contributed by atoms with Crippen molar-refractivity contribution in [2.24, 2.45) is 0 Å². The number of carbonyl (C=O) groups excluding carboxylic acids is 1. The third-order valence-corrected chi connectivity index (χ3v) is 9.37. The maximum Gasteiger partial charge on any atom is 0.236 e. The molecule has 1 aliphatic rings. The lowest BCUT2D eigenvalue weighted by molar-refractivity contribution is -0.131. The summed E-state index contributed by atoms with van der Waals surface area (Å²) < 4.78 is 12.7. The summed E-state index contributed by atoms with van der Waals surface area (Å²) in [7, 11) is 3.90. The summed E-state index contributed by atoms with van der Waals surface area (Å²) >= 11 is 0. The topological polar surface area (TPSA) is 42.0 Å². The molecule has 1 fully saturated rings. The Morgan fingerprint density at radius 3 is 1.24 bits per heavy atom. The van der Waals surface area contributed by atoms with Crippen molar-refractivity contribution in [1.82, 2.24) is 9.80 Å². The molecule has 5 nitrogen and oxygen atoms in total. The Kier molecular flexibility index (Phi) is 32.1. The van der Waals surface area contributed by atoms with E-state index in [9.17, 15) is 4.79 Å².